The average molecular weight is 281 g/mol. The number of thioether (sulfide) groups is 1. The largest absolute Gasteiger partial charge is 0.383 e. The van der Waals surface area contributed by atoms with Crippen molar-refractivity contribution in [1.82, 2.24) is 9.97 Å². The minimum atomic E-state index is 0.328. The van der Waals surface area contributed by atoms with Crippen LogP contribution in [0.4, 0.5) is 5.82 Å². The number of rotatable bonds is 3. The molecule has 2 aromatic rings. The number of hydrogen-bond acceptors (Lipinski definition) is 6. The molecular formula is C12H15N3OS2. The van der Waals surface area contributed by atoms with Crippen LogP contribution >= 0.6 is 23.1 Å². The molecule has 0 bridgehead atoms. The first-order chi connectivity index (χ1) is 8.72. The number of aromatic nitrogens is 2. The molecule has 3 heterocycles. The van der Waals surface area contributed by atoms with E-state index in [9.17, 15) is 0 Å². The van der Waals surface area contributed by atoms with Crippen molar-refractivity contribution < 1.29 is 4.74 Å². The number of thiophene rings is 1. The number of hydrogen-bond donors (Lipinski definition) is 1. The number of fused-ring (bicyclic) bond motifs is 1. The van der Waals surface area contributed by atoms with E-state index in [1.54, 1.807) is 23.1 Å². The Morgan fingerprint density at radius 3 is 3.17 bits per heavy atom. The van der Waals surface area contributed by atoms with Gasteiger partial charge in [0.1, 0.15) is 10.6 Å². The Morgan fingerprint density at radius 1 is 1.50 bits per heavy atom. The summed E-state index contributed by atoms with van der Waals surface area (Å²) in [6.07, 6.45) is 3.00. The number of nitrogens with two attached hydrogens (primary N) is 1. The number of ether oxygens (including phenoxy) is 1. The van der Waals surface area contributed by atoms with Gasteiger partial charge in [-0.25, -0.2) is 9.97 Å². The lowest BCUT2D eigenvalue weighted by atomic mass is 10.2. The molecule has 0 spiro atoms. The van der Waals surface area contributed by atoms with Crippen molar-refractivity contribution >= 4 is 39.1 Å². The third-order valence-corrected chi connectivity index (χ3v) is 4.84. The van der Waals surface area contributed by atoms with E-state index in [0.717, 1.165) is 34.0 Å². The van der Waals surface area contributed by atoms with E-state index in [1.807, 2.05) is 11.4 Å². The van der Waals surface area contributed by atoms with Crippen molar-refractivity contribution in [1.29, 1.82) is 0 Å². The molecule has 1 saturated heterocycles. The van der Waals surface area contributed by atoms with Crippen LogP contribution in [0.3, 0.4) is 0 Å². The highest BCUT2D eigenvalue weighted by atomic mass is 32.2. The molecular weight excluding hydrogens is 266 g/mol. The fourth-order valence-corrected chi connectivity index (χ4v) is 3.83. The number of anilines is 1. The highest BCUT2D eigenvalue weighted by Crippen LogP contribution is 2.28. The van der Waals surface area contributed by atoms with Gasteiger partial charge in [-0.1, -0.05) is 11.8 Å². The Labute approximate surface area is 114 Å². The molecule has 18 heavy (non-hydrogen) atoms. The van der Waals surface area contributed by atoms with E-state index >= 15 is 0 Å². The van der Waals surface area contributed by atoms with Crippen molar-refractivity contribution in [3.8, 4) is 0 Å². The predicted molar refractivity (Wildman–Crippen MR) is 76.1 cm³/mol. The van der Waals surface area contributed by atoms with Crippen LogP contribution in [0.1, 0.15) is 19.8 Å². The van der Waals surface area contributed by atoms with Gasteiger partial charge >= 0.3 is 0 Å². The minimum absolute atomic E-state index is 0.328. The van der Waals surface area contributed by atoms with Crippen LogP contribution in [0.25, 0.3) is 10.2 Å². The zero-order valence-electron chi connectivity index (χ0n) is 10.1. The summed E-state index contributed by atoms with van der Waals surface area (Å²) in [7, 11) is 0. The van der Waals surface area contributed by atoms with E-state index in [1.165, 1.54) is 0 Å². The Balaban J connectivity index is 1.70. The maximum atomic E-state index is 5.92. The molecule has 1 aliphatic heterocycles. The molecule has 2 N–H and O–H groups in total. The summed E-state index contributed by atoms with van der Waals surface area (Å²) in [5, 5.41) is 3.70. The lowest BCUT2D eigenvalue weighted by Crippen LogP contribution is -2.11. The molecule has 0 amide bonds. The first-order valence-corrected chi connectivity index (χ1v) is 7.88. The second kappa shape index (κ2) is 5.03. The van der Waals surface area contributed by atoms with Gasteiger partial charge < -0.3 is 10.5 Å². The summed E-state index contributed by atoms with van der Waals surface area (Å²) in [6.45, 7) is 2.12. The summed E-state index contributed by atoms with van der Waals surface area (Å²) in [5.41, 5.74) is 5.92. The highest BCUT2D eigenvalue weighted by Gasteiger charge is 2.22. The minimum Gasteiger partial charge on any atom is -0.383 e. The SMILES string of the molecule is CC1CCC(CSc2nc(N)c3ccsc3n2)O1. The summed E-state index contributed by atoms with van der Waals surface area (Å²) in [6, 6.07) is 1.96. The van der Waals surface area contributed by atoms with E-state index in [-0.39, 0.29) is 0 Å². The quantitative estimate of drug-likeness (QED) is 0.692. The third-order valence-electron chi connectivity index (χ3n) is 3.05. The van der Waals surface area contributed by atoms with Gasteiger partial charge in [0.05, 0.1) is 17.6 Å². The highest BCUT2D eigenvalue weighted by molar-refractivity contribution is 7.99. The molecule has 1 fully saturated rings. The molecule has 0 aliphatic carbocycles. The second-order valence-electron chi connectivity index (χ2n) is 4.49. The lowest BCUT2D eigenvalue weighted by molar-refractivity contribution is 0.0699. The van der Waals surface area contributed by atoms with Gasteiger partial charge in [0.25, 0.3) is 0 Å². The standard InChI is InChI=1S/C12H15N3OS2/c1-7-2-3-8(16-7)6-18-12-14-10(13)9-4-5-17-11(9)15-12/h4-5,7-8H,2-3,6H2,1H3,(H2,13,14,15). The molecule has 1 aliphatic rings. The van der Waals surface area contributed by atoms with Gasteiger partial charge in [0.2, 0.25) is 0 Å². The summed E-state index contributed by atoms with van der Waals surface area (Å²) in [4.78, 5) is 9.81. The molecule has 0 saturated carbocycles. The fraction of sp³-hybridized carbons (Fsp3) is 0.500. The molecule has 3 rings (SSSR count). The molecule has 4 nitrogen and oxygen atoms in total. The van der Waals surface area contributed by atoms with E-state index < -0.39 is 0 Å². The summed E-state index contributed by atoms with van der Waals surface area (Å²) < 4.78 is 5.78. The van der Waals surface area contributed by atoms with Crippen molar-refractivity contribution in [2.75, 3.05) is 11.5 Å². The van der Waals surface area contributed by atoms with Crippen LogP contribution < -0.4 is 5.73 Å². The number of nitrogen functional groups attached to an aromatic ring is 1. The second-order valence-corrected chi connectivity index (χ2v) is 6.37. The lowest BCUT2D eigenvalue weighted by Gasteiger charge is -2.09. The zero-order chi connectivity index (χ0) is 12.5. The molecule has 6 heteroatoms. The van der Waals surface area contributed by atoms with Gasteiger partial charge in [0, 0.05) is 5.75 Å². The van der Waals surface area contributed by atoms with E-state index in [2.05, 4.69) is 16.9 Å². The topological polar surface area (TPSA) is 61.0 Å². The molecule has 2 unspecified atom stereocenters. The molecule has 96 valence electrons. The van der Waals surface area contributed by atoms with Crippen LogP contribution in [0.15, 0.2) is 16.6 Å². The van der Waals surface area contributed by atoms with Gasteiger partial charge in [-0.2, -0.15) is 0 Å². The molecule has 0 aromatic carbocycles. The van der Waals surface area contributed by atoms with Crippen LogP contribution in [0, 0.1) is 0 Å². The molecule has 2 aromatic heterocycles. The van der Waals surface area contributed by atoms with Crippen LogP contribution in [0.2, 0.25) is 0 Å². The van der Waals surface area contributed by atoms with Crippen molar-refractivity contribution in [3.63, 3.8) is 0 Å². The van der Waals surface area contributed by atoms with Crippen LogP contribution in [0.5, 0.6) is 0 Å². The van der Waals surface area contributed by atoms with E-state index in [0.29, 0.717) is 18.0 Å². The van der Waals surface area contributed by atoms with E-state index in [4.69, 9.17) is 10.5 Å². The monoisotopic (exact) mass is 281 g/mol. The van der Waals surface area contributed by atoms with Crippen molar-refractivity contribution in [2.24, 2.45) is 0 Å². The average Bonchev–Trinajstić information content (AvgIpc) is 2.95. The van der Waals surface area contributed by atoms with Gasteiger partial charge in [-0.3, -0.25) is 0 Å². The van der Waals surface area contributed by atoms with Crippen molar-refractivity contribution in [3.05, 3.63) is 11.4 Å². The van der Waals surface area contributed by atoms with Crippen molar-refractivity contribution in [2.45, 2.75) is 37.1 Å². The maximum Gasteiger partial charge on any atom is 0.190 e. The summed E-state index contributed by atoms with van der Waals surface area (Å²) in [5.74, 6) is 1.48. The molecule has 0 radical (unpaired) electrons. The third kappa shape index (κ3) is 2.46. The molecule has 2 atom stereocenters. The predicted octanol–water partition coefficient (Wildman–Crippen LogP) is 2.93. The zero-order valence-corrected chi connectivity index (χ0v) is 11.8. The normalized spacial score (nSPS) is 23.8. The summed E-state index contributed by atoms with van der Waals surface area (Å²) >= 11 is 3.23. The smallest absolute Gasteiger partial charge is 0.190 e. The van der Waals surface area contributed by atoms with Gasteiger partial charge in [0.15, 0.2) is 5.16 Å². The van der Waals surface area contributed by atoms with Crippen LogP contribution in [-0.2, 0) is 4.74 Å². The Morgan fingerprint density at radius 2 is 2.39 bits per heavy atom. The first kappa shape index (κ1) is 12.2. The fourth-order valence-electron chi connectivity index (χ4n) is 2.10. The Hall–Kier alpha value is -0.850. The Kier molecular flexibility index (Phi) is 3.41. The maximum absolute atomic E-state index is 5.92. The Bertz CT molecular complexity index is 557. The van der Waals surface area contributed by atoms with Crippen LogP contribution in [-0.4, -0.2) is 27.9 Å². The number of nitrogens with zero attached hydrogens (tertiary/aromatic N) is 2. The first-order valence-electron chi connectivity index (χ1n) is 6.01. The van der Waals surface area contributed by atoms with Gasteiger partial charge in [-0.15, -0.1) is 11.3 Å². The van der Waals surface area contributed by atoms with Gasteiger partial charge in [-0.05, 0) is 31.2 Å².